The number of rotatable bonds is 13. The number of nitrogen functional groups attached to an aromatic ring is 1. The molecule has 0 atom stereocenters. The van der Waals surface area contributed by atoms with Crippen LogP contribution in [0.1, 0.15) is 52.9 Å². The lowest BCUT2D eigenvalue weighted by Crippen LogP contribution is -2.16. The number of nitrogens with two attached hydrogens (primary N) is 1. The van der Waals surface area contributed by atoms with E-state index in [4.69, 9.17) is 20.6 Å². The zero-order chi connectivity index (χ0) is 28.5. The zero-order valence-electron chi connectivity index (χ0n) is 22.2. The van der Waals surface area contributed by atoms with Crippen molar-refractivity contribution in [3.63, 3.8) is 0 Å². The topological polar surface area (TPSA) is 167 Å². The van der Waals surface area contributed by atoms with Crippen LogP contribution < -0.4 is 25.8 Å². The maximum atomic E-state index is 13.3. The predicted molar refractivity (Wildman–Crippen MR) is 150 cm³/mol. The van der Waals surface area contributed by atoms with Gasteiger partial charge in [0, 0.05) is 29.9 Å². The summed E-state index contributed by atoms with van der Waals surface area (Å²) in [6, 6.07) is 15.2. The lowest BCUT2D eigenvalue weighted by atomic mass is 9.98. The molecule has 39 heavy (non-hydrogen) atoms. The van der Waals surface area contributed by atoms with Gasteiger partial charge >= 0.3 is 5.97 Å². The van der Waals surface area contributed by atoms with E-state index >= 15 is 0 Å². The highest BCUT2D eigenvalue weighted by Crippen LogP contribution is 2.30. The predicted octanol–water partition coefficient (Wildman–Crippen LogP) is 4.14. The molecule has 10 heteroatoms. The smallest absolute Gasteiger partial charge is 0.303 e. The number of hydrogen-bond acceptors (Lipinski definition) is 7. The molecule has 7 N–H and O–H groups in total. The lowest BCUT2D eigenvalue weighted by molar-refractivity contribution is -0.136. The first-order valence-electron chi connectivity index (χ1n) is 12.4. The van der Waals surface area contributed by atoms with Crippen molar-refractivity contribution < 1.29 is 29.3 Å². The minimum Gasteiger partial charge on any atom is -0.497 e. The van der Waals surface area contributed by atoms with Gasteiger partial charge in [-0.2, -0.15) is 0 Å². The summed E-state index contributed by atoms with van der Waals surface area (Å²) in [7, 11) is 1.51. The van der Waals surface area contributed by atoms with Gasteiger partial charge in [-0.05, 0) is 85.5 Å². The number of methoxy groups -OCH3 is 1. The number of aliphatic hydroxyl groups excluding tert-OH is 1. The van der Waals surface area contributed by atoms with Gasteiger partial charge in [0.25, 0.3) is 5.91 Å². The van der Waals surface area contributed by atoms with E-state index in [0.29, 0.717) is 39.6 Å². The fraction of sp³-hybridized carbons (Fsp3) is 0.276. The number of amidine groups is 1. The molecule has 3 aromatic rings. The van der Waals surface area contributed by atoms with E-state index in [1.807, 2.05) is 13.8 Å². The number of carboxylic acids is 1. The minimum atomic E-state index is -0.930. The minimum absolute atomic E-state index is 0.0675. The van der Waals surface area contributed by atoms with Crippen LogP contribution in [0.3, 0.4) is 0 Å². The molecular formula is C29H34N4O6. The number of aliphatic hydroxyl groups is 1. The van der Waals surface area contributed by atoms with Gasteiger partial charge in [0.15, 0.2) is 0 Å². The van der Waals surface area contributed by atoms with Crippen molar-refractivity contribution in [1.82, 2.24) is 0 Å². The van der Waals surface area contributed by atoms with E-state index in [1.165, 1.54) is 7.11 Å². The SMILES string of the molecule is COc1ccc(NCc2cc(CO)cc(OC(C)C)c2CCC(=O)O)c(C(=O)Nc2ccc(C(=N)N)cc2)c1. The number of benzene rings is 3. The Balaban J connectivity index is 1.92. The number of carboxylic acid groups (broad SMARTS) is 1. The molecule has 0 saturated carbocycles. The van der Waals surface area contributed by atoms with Crippen molar-refractivity contribution in [3.8, 4) is 11.5 Å². The van der Waals surface area contributed by atoms with Gasteiger partial charge in [-0.1, -0.05) is 6.07 Å². The first kappa shape index (κ1) is 29.0. The first-order chi connectivity index (χ1) is 18.6. The molecule has 0 fully saturated rings. The molecule has 1 amide bonds. The first-order valence-corrected chi connectivity index (χ1v) is 12.4. The normalized spacial score (nSPS) is 10.7. The summed E-state index contributed by atoms with van der Waals surface area (Å²) in [6.45, 7) is 3.79. The average Bonchev–Trinajstić information content (AvgIpc) is 2.90. The van der Waals surface area contributed by atoms with Gasteiger partial charge in [0.05, 0.1) is 25.4 Å². The number of carbonyl (C=O) groups is 2. The van der Waals surface area contributed by atoms with Crippen molar-refractivity contribution >= 4 is 29.1 Å². The molecule has 0 aliphatic rings. The standard InChI is InChI=1S/C29H34N4O6/c1-17(2)39-26-13-18(16-34)12-20(23(26)9-11-27(35)36)15-32-25-10-8-22(38-3)14-24(25)29(37)33-21-6-4-19(5-7-21)28(30)31/h4-8,10,12-14,17,32,34H,9,11,15-16H2,1-3H3,(H3,30,31)(H,33,37)(H,35,36). The second-order valence-corrected chi connectivity index (χ2v) is 9.16. The molecule has 206 valence electrons. The molecule has 0 spiro atoms. The van der Waals surface area contributed by atoms with Crippen molar-refractivity contribution in [2.75, 3.05) is 17.7 Å². The van der Waals surface area contributed by atoms with Gasteiger partial charge in [0.1, 0.15) is 17.3 Å². The Morgan fingerprint density at radius 3 is 2.38 bits per heavy atom. The highest BCUT2D eigenvalue weighted by atomic mass is 16.5. The summed E-state index contributed by atoms with van der Waals surface area (Å²) in [5.41, 5.74) is 9.53. The Kier molecular flexibility index (Phi) is 9.88. The number of amides is 1. The van der Waals surface area contributed by atoms with E-state index in [9.17, 15) is 19.8 Å². The van der Waals surface area contributed by atoms with Gasteiger partial charge in [-0.25, -0.2) is 0 Å². The Morgan fingerprint density at radius 2 is 1.79 bits per heavy atom. The summed E-state index contributed by atoms with van der Waals surface area (Å²) < 4.78 is 11.3. The van der Waals surface area contributed by atoms with Crippen molar-refractivity contribution in [2.24, 2.45) is 5.73 Å². The summed E-state index contributed by atoms with van der Waals surface area (Å²) in [4.78, 5) is 24.6. The van der Waals surface area contributed by atoms with Crippen LogP contribution in [-0.4, -0.2) is 41.1 Å². The van der Waals surface area contributed by atoms with Crippen LogP contribution in [-0.2, 0) is 24.4 Å². The maximum absolute atomic E-state index is 13.3. The van der Waals surface area contributed by atoms with Crippen molar-refractivity contribution in [3.05, 3.63) is 82.4 Å². The average molecular weight is 535 g/mol. The molecule has 0 radical (unpaired) electrons. The second kappa shape index (κ2) is 13.3. The molecule has 0 saturated heterocycles. The molecule has 0 unspecified atom stereocenters. The molecule has 0 heterocycles. The number of anilines is 2. The molecule has 0 aliphatic carbocycles. The monoisotopic (exact) mass is 534 g/mol. The second-order valence-electron chi connectivity index (χ2n) is 9.16. The van der Waals surface area contributed by atoms with Gasteiger partial charge in [-0.15, -0.1) is 0 Å². The molecule has 0 aromatic heterocycles. The van der Waals surface area contributed by atoms with Crippen LogP contribution in [0.2, 0.25) is 0 Å². The van der Waals surface area contributed by atoms with Crippen LogP contribution >= 0.6 is 0 Å². The van der Waals surface area contributed by atoms with E-state index in [2.05, 4.69) is 10.6 Å². The Morgan fingerprint density at radius 1 is 1.08 bits per heavy atom. The van der Waals surface area contributed by atoms with Crippen molar-refractivity contribution in [1.29, 1.82) is 5.41 Å². The summed E-state index contributed by atoms with van der Waals surface area (Å²) in [6.07, 6.45) is 0.00920. The van der Waals surface area contributed by atoms with Crippen LogP contribution in [0.25, 0.3) is 0 Å². The summed E-state index contributed by atoms with van der Waals surface area (Å²) in [5.74, 6) is -0.361. The molecular weight excluding hydrogens is 500 g/mol. The third kappa shape index (κ3) is 7.96. The number of ether oxygens (including phenoxy) is 2. The number of hydrogen-bond donors (Lipinski definition) is 6. The third-order valence-corrected chi connectivity index (χ3v) is 5.89. The zero-order valence-corrected chi connectivity index (χ0v) is 22.2. The molecule has 10 nitrogen and oxygen atoms in total. The number of nitrogens with one attached hydrogen (secondary N) is 3. The summed E-state index contributed by atoms with van der Waals surface area (Å²) in [5, 5.41) is 32.8. The Hall–Kier alpha value is -4.57. The highest BCUT2D eigenvalue weighted by Gasteiger charge is 2.18. The highest BCUT2D eigenvalue weighted by molar-refractivity contribution is 6.08. The Bertz CT molecular complexity index is 1340. The van der Waals surface area contributed by atoms with Crippen LogP contribution in [0.15, 0.2) is 54.6 Å². The summed E-state index contributed by atoms with van der Waals surface area (Å²) >= 11 is 0. The Labute approximate surface area is 227 Å². The largest absolute Gasteiger partial charge is 0.497 e. The quantitative estimate of drug-likeness (QED) is 0.141. The van der Waals surface area contributed by atoms with Crippen LogP contribution in [0.4, 0.5) is 11.4 Å². The number of carbonyl (C=O) groups excluding carboxylic acids is 1. The fourth-order valence-electron chi connectivity index (χ4n) is 4.00. The van der Waals surface area contributed by atoms with E-state index in [-0.39, 0.29) is 43.8 Å². The maximum Gasteiger partial charge on any atom is 0.303 e. The molecule has 3 aromatic carbocycles. The third-order valence-electron chi connectivity index (χ3n) is 5.89. The van der Waals surface area contributed by atoms with E-state index in [0.717, 1.165) is 11.1 Å². The van der Waals surface area contributed by atoms with E-state index in [1.54, 1.807) is 54.6 Å². The van der Waals surface area contributed by atoms with Gasteiger partial charge in [0.2, 0.25) is 0 Å². The van der Waals surface area contributed by atoms with Crippen LogP contribution in [0.5, 0.6) is 11.5 Å². The van der Waals surface area contributed by atoms with Gasteiger partial charge in [-0.3, -0.25) is 15.0 Å². The fourth-order valence-corrected chi connectivity index (χ4v) is 4.00. The number of aliphatic carboxylic acids is 1. The van der Waals surface area contributed by atoms with E-state index < -0.39 is 5.97 Å². The van der Waals surface area contributed by atoms with Crippen LogP contribution in [0, 0.1) is 5.41 Å². The lowest BCUT2D eigenvalue weighted by Gasteiger charge is -2.20. The van der Waals surface area contributed by atoms with Crippen molar-refractivity contribution in [2.45, 2.75) is 45.9 Å². The molecule has 0 bridgehead atoms. The molecule has 0 aliphatic heterocycles. The van der Waals surface area contributed by atoms with Gasteiger partial charge < -0.3 is 36.1 Å². The molecule has 3 rings (SSSR count).